The van der Waals surface area contributed by atoms with Gasteiger partial charge in [0.1, 0.15) is 16.7 Å². The highest BCUT2D eigenvalue weighted by atomic mass is 16.4. The Morgan fingerprint density at radius 2 is 2.00 bits per heavy atom. The van der Waals surface area contributed by atoms with Crippen LogP contribution in [0.3, 0.4) is 0 Å². The van der Waals surface area contributed by atoms with Gasteiger partial charge in [-0.15, -0.1) is 0 Å². The average Bonchev–Trinajstić information content (AvgIpc) is 2.42. The molecule has 0 unspecified atom stereocenters. The Morgan fingerprint density at radius 3 is 2.74 bits per heavy atom. The van der Waals surface area contributed by atoms with Crippen LogP contribution in [0.4, 0.5) is 0 Å². The number of phenolic OH excluding ortho intramolecular Hbond substituents is 1. The van der Waals surface area contributed by atoms with Crippen molar-refractivity contribution >= 4 is 21.7 Å². The Kier molecular flexibility index (Phi) is 2.29. The number of phenols is 1. The number of nitrogens with zero attached hydrogens (tertiary/aromatic N) is 1. The second kappa shape index (κ2) is 3.85. The van der Waals surface area contributed by atoms with Crippen LogP contribution < -0.4 is 5.63 Å². The minimum atomic E-state index is -0.633. The van der Waals surface area contributed by atoms with Gasteiger partial charge in [0.05, 0.1) is 11.6 Å². The fraction of sp³-hybridized carbons (Fsp3) is 0.0667. The molecule has 0 bridgehead atoms. The van der Waals surface area contributed by atoms with E-state index in [1.165, 1.54) is 0 Å². The van der Waals surface area contributed by atoms with Crippen LogP contribution in [0.15, 0.2) is 39.5 Å². The normalized spacial score (nSPS) is 10.7. The lowest BCUT2D eigenvalue weighted by atomic mass is 9.99. The quantitative estimate of drug-likeness (QED) is 0.492. The summed E-state index contributed by atoms with van der Waals surface area (Å²) in [5, 5.41) is 20.4. The first-order chi connectivity index (χ1) is 9.13. The highest BCUT2D eigenvalue weighted by Gasteiger charge is 2.16. The van der Waals surface area contributed by atoms with Crippen LogP contribution in [-0.4, -0.2) is 5.11 Å². The van der Waals surface area contributed by atoms with Crippen LogP contribution in [-0.2, 0) is 0 Å². The van der Waals surface area contributed by atoms with Gasteiger partial charge in [-0.3, -0.25) is 0 Å². The lowest BCUT2D eigenvalue weighted by Crippen LogP contribution is -2.02. The number of aromatic hydroxyl groups is 1. The van der Waals surface area contributed by atoms with E-state index in [4.69, 9.17) is 4.42 Å². The van der Waals surface area contributed by atoms with E-state index in [9.17, 15) is 15.2 Å². The largest absolute Gasteiger partial charge is 0.507 e. The van der Waals surface area contributed by atoms with Gasteiger partial charge in [0.15, 0.2) is 0 Å². The van der Waals surface area contributed by atoms with Crippen LogP contribution in [0.1, 0.15) is 11.1 Å². The SMILES string of the molecule is Cc1cc(C#N)c2c(c1O)c(=O)oc1ccccc12. The van der Waals surface area contributed by atoms with Crippen LogP contribution in [0.25, 0.3) is 21.7 Å². The van der Waals surface area contributed by atoms with Crippen molar-refractivity contribution in [1.82, 2.24) is 0 Å². The molecule has 0 aliphatic rings. The summed E-state index contributed by atoms with van der Waals surface area (Å²) >= 11 is 0. The van der Waals surface area contributed by atoms with Gasteiger partial charge in [-0.2, -0.15) is 5.26 Å². The van der Waals surface area contributed by atoms with Gasteiger partial charge in [0.25, 0.3) is 0 Å². The van der Waals surface area contributed by atoms with Crippen molar-refractivity contribution in [3.63, 3.8) is 0 Å². The van der Waals surface area contributed by atoms with Gasteiger partial charge in [-0.25, -0.2) is 4.79 Å². The second-order valence-electron chi connectivity index (χ2n) is 4.34. The molecule has 0 saturated carbocycles. The summed E-state index contributed by atoms with van der Waals surface area (Å²) in [4.78, 5) is 12.0. The summed E-state index contributed by atoms with van der Waals surface area (Å²) in [5.74, 6) is -0.131. The van der Waals surface area contributed by atoms with Crippen LogP contribution in [0.5, 0.6) is 5.75 Å². The van der Waals surface area contributed by atoms with E-state index in [0.717, 1.165) is 0 Å². The third-order valence-electron chi connectivity index (χ3n) is 3.17. The maximum atomic E-state index is 12.0. The topological polar surface area (TPSA) is 74.2 Å². The third-order valence-corrected chi connectivity index (χ3v) is 3.17. The van der Waals surface area contributed by atoms with Crippen LogP contribution in [0.2, 0.25) is 0 Å². The van der Waals surface area contributed by atoms with Crippen molar-refractivity contribution < 1.29 is 9.52 Å². The molecule has 0 spiro atoms. The highest BCUT2D eigenvalue weighted by molar-refractivity contribution is 6.09. The molecule has 92 valence electrons. The maximum Gasteiger partial charge on any atom is 0.348 e. The van der Waals surface area contributed by atoms with E-state index < -0.39 is 5.63 Å². The van der Waals surface area contributed by atoms with Gasteiger partial charge < -0.3 is 9.52 Å². The monoisotopic (exact) mass is 251 g/mol. The van der Waals surface area contributed by atoms with E-state index in [-0.39, 0.29) is 11.1 Å². The van der Waals surface area contributed by atoms with E-state index in [2.05, 4.69) is 6.07 Å². The van der Waals surface area contributed by atoms with Crippen LogP contribution >= 0.6 is 0 Å². The van der Waals surface area contributed by atoms with Gasteiger partial charge in [-0.05, 0) is 24.6 Å². The Morgan fingerprint density at radius 1 is 1.26 bits per heavy atom. The molecule has 0 amide bonds. The third kappa shape index (κ3) is 1.49. The summed E-state index contributed by atoms with van der Waals surface area (Å²) in [5.41, 5.74) is 0.604. The highest BCUT2D eigenvalue weighted by Crippen LogP contribution is 2.33. The average molecular weight is 251 g/mol. The molecular formula is C15H9NO3. The Labute approximate surface area is 108 Å². The van der Waals surface area contributed by atoms with Crippen molar-refractivity contribution in [2.45, 2.75) is 6.92 Å². The Bertz CT molecular complexity index is 916. The van der Waals surface area contributed by atoms with Crippen LogP contribution in [0, 0.1) is 18.3 Å². The predicted molar refractivity (Wildman–Crippen MR) is 71.1 cm³/mol. The molecular weight excluding hydrogens is 242 g/mol. The van der Waals surface area contributed by atoms with E-state index >= 15 is 0 Å². The molecule has 1 heterocycles. The summed E-state index contributed by atoms with van der Waals surface area (Å²) in [6.45, 7) is 1.64. The van der Waals surface area contributed by atoms with Gasteiger partial charge in [0, 0.05) is 10.8 Å². The van der Waals surface area contributed by atoms with Crippen molar-refractivity contribution in [2.24, 2.45) is 0 Å². The number of fused-ring (bicyclic) bond motifs is 3. The number of hydrogen-bond acceptors (Lipinski definition) is 4. The molecule has 3 aromatic rings. The standard InChI is InChI=1S/C15H9NO3/c1-8-6-9(7-16)12-10-4-2-3-5-11(10)19-15(18)13(12)14(8)17/h2-6,17H,1H3. The first kappa shape index (κ1) is 11.3. The summed E-state index contributed by atoms with van der Waals surface area (Å²) < 4.78 is 5.19. The number of rotatable bonds is 0. The molecule has 1 N–H and O–H groups in total. The van der Waals surface area contributed by atoms with Gasteiger partial charge >= 0.3 is 5.63 Å². The molecule has 0 saturated heterocycles. The molecule has 0 radical (unpaired) electrons. The molecule has 2 aromatic carbocycles. The van der Waals surface area contributed by atoms with E-state index in [0.29, 0.717) is 27.5 Å². The molecule has 19 heavy (non-hydrogen) atoms. The first-order valence-corrected chi connectivity index (χ1v) is 5.71. The molecule has 1 aromatic heterocycles. The molecule has 0 fully saturated rings. The zero-order valence-corrected chi connectivity index (χ0v) is 10.1. The lowest BCUT2D eigenvalue weighted by molar-refractivity contribution is 0.473. The van der Waals surface area contributed by atoms with Crippen molar-refractivity contribution in [3.8, 4) is 11.8 Å². The van der Waals surface area contributed by atoms with E-state index in [1.807, 2.05) is 0 Å². The Balaban J connectivity index is 2.76. The summed E-state index contributed by atoms with van der Waals surface area (Å²) in [7, 11) is 0. The zero-order chi connectivity index (χ0) is 13.6. The van der Waals surface area contributed by atoms with Gasteiger partial charge in [-0.1, -0.05) is 18.2 Å². The second-order valence-corrected chi connectivity index (χ2v) is 4.34. The zero-order valence-electron chi connectivity index (χ0n) is 10.1. The molecule has 0 aliphatic heterocycles. The molecule has 0 atom stereocenters. The lowest BCUT2D eigenvalue weighted by Gasteiger charge is -2.07. The minimum Gasteiger partial charge on any atom is -0.507 e. The number of benzene rings is 2. The molecule has 3 rings (SSSR count). The number of hydrogen-bond donors (Lipinski definition) is 1. The summed E-state index contributed by atoms with van der Waals surface area (Å²) in [6, 6.07) is 10.6. The predicted octanol–water partition coefficient (Wildman–Crippen LogP) is 2.83. The first-order valence-electron chi connectivity index (χ1n) is 5.71. The van der Waals surface area contributed by atoms with E-state index in [1.54, 1.807) is 37.3 Å². The number of nitriles is 1. The van der Waals surface area contributed by atoms with Crippen molar-refractivity contribution in [1.29, 1.82) is 5.26 Å². The molecule has 0 aliphatic carbocycles. The Hall–Kier alpha value is -2.80. The van der Waals surface area contributed by atoms with Gasteiger partial charge in [0.2, 0.25) is 0 Å². The fourth-order valence-electron chi connectivity index (χ4n) is 2.29. The number of para-hydroxylation sites is 1. The summed E-state index contributed by atoms with van der Waals surface area (Å²) in [6.07, 6.45) is 0. The molecule has 4 nitrogen and oxygen atoms in total. The fourth-order valence-corrected chi connectivity index (χ4v) is 2.29. The van der Waals surface area contributed by atoms with Crippen molar-refractivity contribution in [2.75, 3.05) is 0 Å². The minimum absolute atomic E-state index is 0.0650. The molecule has 4 heteroatoms. The number of aryl methyl sites for hydroxylation is 1. The van der Waals surface area contributed by atoms with Crippen molar-refractivity contribution in [3.05, 3.63) is 51.9 Å². The maximum absolute atomic E-state index is 12.0. The smallest absolute Gasteiger partial charge is 0.348 e.